The summed E-state index contributed by atoms with van der Waals surface area (Å²) >= 11 is 0. The van der Waals surface area contributed by atoms with Gasteiger partial charge in [-0.25, -0.2) is 4.98 Å². The quantitative estimate of drug-likeness (QED) is 0.276. The van der Waals surface area contributed by atoms with Gasteiger partial charge in [0.15, 0.2) is 0 Å². The van der Waals surface area contributed by atoms with Crippen LogP contribution in [0.5, 0.6) is 0 Å². The average molecular weight is 476 g/mol. The van der Waals surface area contributed by atoms with E-state index in [4.69, 9.17) is 4.98 Å². The highest BCUT2D eigenvalue weighted by Gasteiger charge is 2.26. The number of rotatable bonds is 2. The molecule has 0 bridgehead atoms. The summed E-state index contributed by atoms with van der Waals surface area (Å²) in [5, 5.41) is 21.2. The standard InChI is InChI=1S/C32H21N5/c33-19-21-13-15-29-25(17-21)23-7-2-1-3-9-27(23)36(29)31-11-6-12-32(35-31)37-28-10-5-4-8-24(28)26-18-22(20-34)14-16-30(26)37/h2-16,18,21H,1,17H2. The Bertz CT molecular complexity index is 1910. The van der Waals surface area contributed by atoms with Crippen molar-refractivity contribution in [2.45, 2.75) is 12.8 Å². The van der Waals surface area contributed by atoms with Gasteiger partial charge in [0.05, 0.1) is 46.0 Å². The molecule has 0 saturated heterocycles. The molecular formula is C32H21N5. The van der Waals surface area contributed by atoms with Crippen LogP contribution in [-0.2, 0) is 6.42 Å². The van der Waals surface area contributed by atoms with E-state index in [0.717, 1.165) is 51.3 Å². The summed E-state index contributed by atoms with van der Waals surface area (Å²) < 4.78 is 4.38. The van der Waals surface area contributed by atoms with Crippen LogP contribution in [0.3, 0.4) is 0 Å². The van der Waals surface area contributed by atoms with Crippen LogP contribution in [0, 0.1) is 28.6 Å². The van der Waals surface area contributed by atoms with Crippen LogP contribution < -0.4 is 0 Å². The average Bonchev–Trinajstić information content (AvgIpc) is 3.32. The zero-order chi connectivity index (χ0) is 24.9. The fraction of sp³-hybridized carbons (Fsp3) is 0.0938. The minimum atomic E-state index is -0.122. The van der Waals surface area contributed by atoms with Gasteiger partial charge in [0.1, 0.15) is 11.6 Å². The van der Waals surface area contributed by atoms with Gasteiger partial charge in [-0.05, 0) is 67.0 Å². The van der Waals surface area contributed by atoms with Gasteiger partial charge in [-0.2, -0.15) is 10.5 Å². The fourth-order valence-corrected chi connectivity index (χ4v) is 5.64. The predicted molar refractivity (Wildman–Crippen MR) is 147 cm³/mol. The van der Waals surface area contributed by atoms with E-state index in [1.807, 2.05) is 54.6 Å². The molecular weight excluding hydrogens is 454 g/mol. The van der Waals surface area contributed by atoms with Crippen molar-refractivity contribution in [3.05, 3.63) is 107 Å². The van der Waals surface area contributed by atoms with E-state index in [2.05, 4.69) is 63.8 Å². The van der Waals surface area contributed by atoms with Crippen LogP contribution in [0.4, 0.5) is 0 Å². The third-order valence-corrected chi connectivity index (χ3v) is 7.28. The Kier molecular flexibility index (Phi) is 4.71. The number of para-hydroxylation sites is 1. The van der Waals surface area contributed by atoms with E-state index in [1.54, 1.807) is 0 Å². The molecule has 0 amide bonds. The molecule has 0 radical (unpaired) electrons. The molecule has 1 atom stereocenters. The summed E-state index contributed by atoms with van der Waals surface area (Å²) in [6.45, 7) is 0. The summed E-state index contributed by atoms with van der Waals surface area (Å²) in [5.74, 6) is 1.52. The van der Waals surface area contributed by atoms with Crippen molar-refractivity contribution in [1.29, 1.82) is 10.5 Å². The highest BCUT2D eigenvalue weighted by atomic mass is 15.1. The molecule has 5 heteroatoms. The van der Waals surface area contributed by atoms with Gasteiger partial charge in [0.25, 0.3) is 0 Å². The van der Waals surface area contributed by atoms with Gasteiger partial charge in [-0.15, -0.1) is 0 Å². The first-order valence-corrected chi connectivity index (χ1v) is 12.4. The molecule has 5 nitrogen and oxygen atoms in total. The molecule has 0 aliphatic heterocycles. The van der Waals surface area contributed by atoms with Gasteiger partial charge >= 0.3 is 0 Å². The number of hydrogen-bond donors (Lipinski definition) is 0. The van der Waals surface area contributed by atoms with Gasteiger partial charge in [-0.1, -0.05) is 48.6 Å². The number of pyridine rings is 1. The van der Waals surface area contributed by atoms with Gasteiger partial charge < -0.3 is 0 Å². The van der Waals surface area contributed by atoms with Crippen LogP contribution in [0.2, 0.25) is 0 Å². The monoisotopic (exact) mass is 475 g/mol. The summed E-state index contributed by atoms with van der Waals surface area (Å²) in [7, 11) is 0. The zero-order valence-corrected chi connectivity index (χ0v) is 20.0. The van der Waals surface area contributed by atoms with E-state index < -0.39 is 0 Å². The van der Waals surface area contributed by atoms with E-state index >= 15 is 0 Å². The zero-order valence-electron chi connectivity index (χ0n) is 20.0. The normalized spacial score (nSPS) is 15.8. The number of aromatic nitrogens is 3. The molecule has 7 rings (SSSR count). The van der Waals surface area contributed by atoms with E-state index in [0.29, 0.717) is 12.0 Å². The Morgan fingerprint density at radius 1 is 0.784 bits per heavy atom. The van der Waals surface area contributed by atoms with Crippen molar-refractivity contribution < 1.29 is 0 Å². The van der Waals surface area contributed by atoms with Crippen molar-refractivity contribution >= 4 is 40.0 Å². The maximum Gasteiger partial charge on any atom is 0.140 e. The summed E-state index contributed by atoms with van der Waals surface area (Å²) in [6.07, 6.45) is 14.3. The second kappa shape index (κ2) is 8.22. The van der Waals surface area contributed by atoms with Gasteiger partial charge in [0, 0.05) is 16.3 Å². The largest absolute Gasteiger partial charge is 0.294 e. The number of benzene rings is 2. The third-order valence-electron chi connectivity index (χ3n) is 7.28. The number of nitrogens with zero attached hydrogens (tertiary/aromatic N) is 5. The Morgan fingerprint density at radius 3 is 2.46 bits per heavy atom. The molecule has 2 aliphatic rings. The van der Waals surface area contributed by atoms with Crippen molar-refractivity contribution in [3.63, 3.8) is 0 Å². The van der Waals surface area contributed by atoms with Crippen LogP contribution in [0.25, 0.3) is 51.7 Å². The molecule has 3 aromatic heterocycles. The molecule has 0 saturated carbocycles. The molecule has 37 heavy (non-hydrogen) atoms. The molecule has 0 fully saturated rings. The Labute approximate surface area is 214 Å². The molecule has 5 aromatic rings. The molecule has 2 aliphatic carbocycles. The highest BCUT2D eigenvalue weighted by Crippen LogP contribution is 2.37. The second-order valence-electron chi connectivity index (χ2n) is 9.39. The third kappa shape index (κ3) is 3.19. The minimum absolute atomic E-state index is 0.122. The number of allylic oxidation sites excluding steroid dienone is 3. The molecule has 2 aromatic carbocycles. The van der Waals surface area contributed by atoms with Gasteiger partial charge in [-0.3, -0.25) is 9.13 Å². The first kappa shape index (κ1) is 21.2. The summed E-state index contributed by atoms with van der Waals surface area (Å²) in [4.78, 5) is 5.19. The number of hydrogen-bond acceptors (Lipinski definition) is 3. The van der Waals surface area contributed by atoms with E-state index in [9.17, 15) is 10.5 Å². The summed E-state index contributed by atoms with van der Waals surface area (Å²) in [5.41, 5.74) is 7.23. The predicted octanol–water partition coefficient (Wildman–Crippen LogP) is 6.98. The lowest BCUT2D eigenvalue weighted by Gasteiger charge is -2.15. The molecule has 174 valence electrons. The maximum absolute atomic E-state index is 9.58. The first-order chi connectivity index (χ1) is 18.3. The summed E-state index contributed by atoms with van der Waals surface area (Å²) in [6, 6.07) is 24.8. The lowest BCUT2D eigenvalue weighted by molar-refractivity contribution is 0.802. The molecule has 0 spiro atoms. The topological polar surface area (TPSA) is 70.3 Å². The number of fused-ring (bicyclic) bond motifs is 6. The SMILES string of the molecule is N#Cc1ccc2c(c1)c1ccccc1n2-c1cccc(-n2c3c(c4c2C=CC(C#N)C4)C=CCC=C3)n1. The smallest absolute Gasteiger partial charge is 0.140 e. The van der Waals surface area contributed by atoms with Gasteiger partial charge in [0.2, 0.25) is 0 Å². The lowest BCUT2D eigenvalue weighted by atomic mass is 9.92. The Hall–Kier alpha value is -5.13. The van der Waals surface area contributed by atoms with Crippen LogP contribution in [0.1, 0.15) is 34.5 Å². The van der Waals surface area contributed by atoms with Crippen molar-refractivity contribution in [3.8, 4) is 23.8 Å². The Balaban J connectivity index is 1.48. The lowest BCUT2D eigenvalue weighted by Crippen LogP contribution is -2.09. The maximum atomic E-state index is 9.58. The van der Waals surface area contributed by atoms with Crippen LogP contribution in [0.15, 0.2) is 78.9 Å². The number of nitriles is 2. The Morgan fingerprint density at radius 2 is 1.59 bits per heavy atom. The van der Waals surface area contributed by atoms with Crippen molar-refractivity contribution in [1.82, 2.24) is 14.1 Å². The molecule has 0 N–H and O–H groups in total. The second-order valence-corrected chi connectivity index (χ2v) is 9.39. The van der Waals surface area contributed by atoms with Crippen LogP contribution >= 0.6 is 0 Å². The fourth-order valence-electron chi connectivity index (χ4n) is 5.64. The minimum Gasteiger partial charge on any atom is -0.294 e. The van der Waals surface area contributed by atoms with Crippen molar-refractivity contribution in [2.75, 3.05) is 0 Å². The highest BCUT2D eigenvalue weighted by molar-refractivity contribution is 6.09. The van der Waals surface area contributed by atoms with Crippen LogP contribution in [-0.4, -0.2) is 14.1 Å². The first-order valence-electron chi connectivity index (χ1n) is 12.4. The van der Waals surface area contributed by atoms with Crippen molar-refractivity contribution in [2.24, 2.45) is 5.92 Å². The van der Waals surface area contributed by atoms with E-state index in [1.165, 1.54) is 11.1 Å². The van der Waals surface area contributed by atoms with E-state index in [-0.39, 0.29) is 5.92 Å². The molecule has 3 heterocycles. The molecule has 1 unspecified atom stereocenters.